The molecule has 1 amide bonds. The molecule has 7 aromatic rings. The number of aromatic carboxylic acids is 1. The highest BCUT2D eigenvalue weighted by Crippen LogP contribution is 2.46. The highest BCUT2D eigenvalue weighted by atomic mass is 35.5. The van der Waals surface area contributed by atoms with E-state index >= 15 is 4.79 Å². The molecule has 1 aliphatic rings. The molecule has 13 heteroatoms. The predicted molar refractivity (Wildman–Crippen MR) is 232 cm³/mol. The summed E-state index contributed by atoms with van der Waals surface area (Å²) in [6, 6.07) is 16.6. The lowest BCUT2D eigenvalue weighted by atomic mass is 9.97. The van der Waals surface area contributed by atoms with E-state index in [4.69, 9.17) is 32.7 Å². The summed E-state index contributed by atoms with van der Waals surface area (Å²) in [5, 5.41) is 13.2. The zero-order valence-electron chi connectivity index (χ0n) is 34.0. The van der Waals surface area contributed by atoms with Crippen molar-refractivity contribution >= 4 is 62.6 Å². The van der Waals surface area contributed by atoms with Gasteiger partial charge in [-0.25, -0.2) is 14.8 Å². The van der Waals surface area contributed by atoms with E-state index in [2.05, 4.69) is 26.4 Å². The van der Waals surface area contributed by atoms with E-state index in [1.165, 1.54) is 0 Å². The Hall–Kier alpha value is -5.91. The van der Waals surface area contributed by atoms with Crippen molar-refractivity contribution in [3.05, 3.63) is 128 Å². The normalized spacial score (nSPS) is 14.0. The van der Waals surface area contributed by atoms with Gasteiger partial charge >= 0.3 is 5.97 Å². The molecule has 0 bridgehead atoms. The number of halogens is 2. The highest BCUT2D eigenvalue weighted by molar-refractivity contribution is 6.35. The van der Waals surface area contributed by atoms with Gasteiger partial charge in [0.25, 0.3) is 5.91 Å². The summed E-state index contributed by atoms with van der Waals surface area (Å²) in [4.78, 5) is 43.7. The number of aryl methyl sites for hydroxylation is 6. The maximum atomic E-state index is 15.5. The van der Waals surface area contributed by atoms with Crippen LogP contribution in [0.25, 0.3) is 32.9 Å². The molecule has 11 nitrogen and oxygen atoms in total. The minimum atomic E-state index is -1.10. The lowest BCUT2D eigenvalue weighted by molar-refractivity contribution is 0.0686. The molecule has 0 saturated heterocycles. The fourth-order valence-electron chi connectivity index (χ4n) is 8.58. The number of carbonyl (C=O) groups is 2. The Balaban J connectivity index is 1.30. The van der Waals surface area contributed by atoms with Gasteiger partial charge in [0.2, 0.25) is 0 Å². The van der Waals surface area contributed by atoms with Crippen LogP contribution in [0.4, 0.5) is 5.69 Å². The van der Waals surface area contributed by atoms with Crippen molar-refractivity contribution in [2.24, 2.45) is 0 Å². The van der Waals surface area contributed by atoms with Gasteiger partial charge in [0.05, 0.1) is 47.7 Å². The van der Waals surface area contributed by atoms with E-state index in [-0.39, 0.29) is 24.2 Å². The van der Waals surface area contributed by atoms with Crippen LogP contribution in [-0.4, -0.2) is 61.3 Å². The van der Waals surface area contributed by atoms with Crippen LogP contribution in [-0.2, 0) is 13.0 Å². The highest BCUT2D eigenvalue weighted by Gasteiger charge is 2.38. The summed E-state index contributed by atoms with van der Waals surface area (Å²) in [7, 11) is 1.55. The van der Waals surface area contributed by atoms with Crippen molar-refractivity contribution in [1.82, 2.24) is 24.1 Å². The first kappa shape index (κ1) is 39.9. The zero-order valence-corrected chi connectivity index (χ0v) is 35.5. The number of ether oxygens (including phenoxy) is 2. The Kier molecular flexibility index (Phi) is 10.6. The number of fused-ring (bicyclic) bond motifs is 4. The third kappa shape index (κ3) is 6.95. The number of aromatic nitrogens is 5. The van der Waals surface area contributed by atoms with E-state index in [9.17, 15) is 9.90 Å². The van der Waals surface area contributed by atoms with Crippen molar-refractivity contribution in [3.8, 4) is 22.6 Å². The SMILES string of the molecule is COc1ccc(N2C[C@@H](C)n3c(c(CCCOc4cc(C)c(Cl)c(C)c4)c4ccc(Cl)c(-c5c(C)ncnc5C)c43)C2=O)c2c1cc(C(=O)O)n2Cc1ccc(C)cn1. The number of benzene rings is 3. The van der Waals surface area contributed by atoms with Crippen LogP contribution in [0, 0.1) is 34.6 Å². The summed E-state index contributed by atoms with van der Waals surface area (Å²) in [6.07, 6.45) is 4.44. The van der Waals surface area contributed by atoms with Gasteiger partial charge in [-0.2, -0.15) is 0 Å². The number of carboxylic acid groups (broad SMARTS) is 1. The molecular formula is C46H44Cl2N6O5. The number of nitrogens with zero attached hydrogens (tertiary/aromatic N) is 6. The molecule has 1 N–H and O–H groups in total. The van der Waals surface area contributed by atoms with Crippen LogP contribution < -0.4 is 14.4 Å². The van der Waals surface area contributed by atoms with Crippen LogP contribution in [0.15, 0.2) is 67.1 Å². The number of carbonyl (C=O) groups excluding carboxylic acids is 1. The summed E-state index contributed by atoms with van der Waals surface area (Å²) < 4.78 is 15.9. The molecule has 3 aromatic carbocycles. The molecule has 1 atom stereocenters. The third-order valence-corrected chi connectivity index (χ3v) is 12.2. The average molecular weight is 832 g/mol. The molecule has 8 rings (SSSR count). The first-order valence-corrected chi connectivity index (χ1v) is 20.2. The van der Waals surface area contributed by atoms with Gasteiger partial charge in [0, 0.05) is 57.1 Å². The third-order valence-electron chi connectivity index (χ3n) is 11.3. The number of rotatable bonds is 11. The molecule has 0 aliphatic carbocycles. The van der Waals surface area contributed by atoms with Crippen LogP contribution >= 0.6 is 23.2 Å². The van der Waals surface area contributed by atoms with Gasteiger partial charge in [0.1, 0.15) is 29.2 Å². The zero-order chi connectivity index (χ0) is 41.9. The Labute approximate surface area is 352 Å². The average Bonchev–Trinajstić information content (AvgIpc) is 3.75. The standard InChI is InChI=1S/C46H44Cl2N6O5/c1-24-10-11-30(49-20-24)22-52-37(46(56)57)19-34-38(58-7)15-14-36(42(34)52)53-21-27(4)54-43-33(12-13-35(47)40(43)39-28(5)50-23-51-29(39)6)32(44(54)45(53)55)9-8-16-59-31-17-25(2)41(48)26(3)18-31/h10-15,17-20,23,27H,8-9,16,21-22H2,1-7H3,(H,56,57)/t27-/m1/s1. The van der Waals surface area contributed by atoms with Gasteiger partial charge < -0.3 is 28.6 Å². The second-order valence-electron chi connectivity index (χ2n) is 15.3. The molecule has 5 heterocycles. The van der Waals surface area contributed by atoms with Gasteiger partial charge in [-0.1, -0.05) is 35.3 Å². The van der Waals surface area contributed by atoms with Crippen molar-refractivity contribution in [1.29, 1.82) is 0 Å². The maximum absolute atomic E-state index is 15.5. The number of hydrogen-bond donors (Lipinski definition) is 1. The van der Waals surface area contributed by atoms with Crippen LogP contribution in [0.2, 0.25) is 10.0 Å². The van der Waals surface area contributed by atoms with Crippen molar-refractivity contribution in [2.45, 2.75) is 67.0 Å². The monoisotopic (exact) mass is 830 g/mol. The van der Waals surface area contributed by atoms with Gasteiger partial charge in [-0.05, 0) is 119 Å². The summed E-state index contributed by atoms with van der Waals surface area (Å²) in [5.41, 5.74) is 10.2. The first-order valence-electron chi connectivity index (χ1n) is 19.5. The number of pyridine rings is 1. The Morgan fingerprint density at radius 2 is 1.63 bits per heavy atom. The number of anilines is 1. The molecule has 1 aliphatic heterocycles. The van der Waals surface area contributed by atoms with E-state index in [1.54, 1.807) is 41.2 Å². The lowest BCUT2D eigenvalue weighted by Gasteiger charge is -2.35. The molecule has 4 aromatic heterocycles. The Morgan fingerprint density at radius 3 is 2.29 bits per heavy atom. The number of methoxy groups -OCH3 is 1. The van der Waals surface area contributed by atoms with E-state index in [0.29, 0.717) is 64.7 Å². The minimum Gasteiger partial charge on any atom is -0.496 e. The number of carboxylic acids is 1. The van der Waals surface area contributed by atoms with Crippen LogP contribution in [0.3, 0.4) is 0 Å². The topological polar surface area (TPSA) is 125 Å². The van der Waals surface area contributed by atoms with Crippen molar-refractivity contribution in [3.63, 3.8) is 0 Å². The molecule has 0 spiro atoms. The van der Waals surface area contributed by atoms with Crippen LogP contribution in [0.5, 0.6) is 11.5 Å². The summed E-state index contributed by atoms with van der Waals surface area (Å²) >= 11 is 13.6. The maximum Gasteiger partial charge on any atom is 0.352 e. The summed E-state index contributed by atoms with van der Waals surface area (Å²) in [6.45, 7) is 12.7. The molecule has 302 valence electrons. The Morgan fingerprint density at radius 1 is 0.898 bits per heavy atom. The van der Waals surface area contributed by atoms with E-state index in [1.807, 2.05) is 77.1 Å². The van der Waals surface area contributed by atoms with Gasteiger partial charge in [-0.3, -0.25) is 9.78 Å². The first-order chi connectivity index (χ1) is 28.3. The summed E-state index contributed by atoms with van der Waals surface area (Å²) in [5.74, 6) is -0.0896. The lowest BCUT2D eigenvalue weighted by Crippen LogP contribution is -2.43. The predicted octanol–water partition coefficient (Wildman–Crippen LogP) is 10.3. The van der Waals surface area contributed by atoms with Gasteiger partial charge in [-0.15, -0.1) is 0 Å². The fraction of sp³-hybridized carbons (Fsp3) is 0.283. The molecule has 0 radical (unpaired) electrons. The number of hydrogen-bond acceptors (Lipinski definition) is 7. The fourth-order valence-corrected chi connectivity index (χ4v) is 8.94. The Bertz CT molecular complexity index is 2790. The van der Waals surface area contributed by atoms with Crippen LogP contribution in [0.1, 0.15) is 79.7 Å². The quantitative estimate of drug-likeness (QED) is 0.128. The van der Waals surface area contributed by atoms with Gasteiger partial charge in [0.15, 0.2) is 0 Å². The largest absolute Gasteiger partial charge is 0.496 e. The molecule has 59 heavy (non-hydrogen) atoms. The van der Waals surface area contributed by atoms with Crippen molar-refractivity contribution < 1.29 is 24.2 Å². The molecule has 0 saturated carbocycles. The van der Waals surface area contributed by atoms with E-state index in [0.717, 1.165) is 66.4 Å². The smallest absolute Gasteiger partial charge is 0.352 e. The second-order valence-corrected chi connectivity index (χ2v) is 16.1. The second kappa shape index (κ2) is 15.7. The number of amides is 1. The molecular weight excluding hydrogens is 787 g/mol. The minimum absolute atomic E-state index is 0.0570. The van der Waals surface area contributed by atoms with Crippen molar-refractivity contribution in [2.75, 3.05) is 25.2 Å². The molecule has 0 unspecified atom stereocenters. The van der Waals surface area contributed by atoms with E-state index < -0.39 is 5.97 Å². The molecule has 0 fully saturated rings.